The van der Waals surface area contributed by atoms with Crippen LogP contribution in [0.4, 0.5) is 24.5 Å². The van der Waals surface area contributed by atoms with Gasteiger partial charge in [-0.1, -0.05) is 11.8 Å². The molecule has 3 N–H and O–H groups in total. The number of carbonyl (C=O) groups is 2. The number of aromatic nitrogens is 2. The molecule has 2 rings (SSSR count). The Kier molecular flexibility index (Phi) is 6.03. The van der Waals surface area contributed by atoms with Gasteiger partial charge in [0.1, 0.15) is 0 Å². The number of amides is 2. The second-order valence-electron chi connectivity index (χ2n) is 5.03. The van der Waals surface area contributed by atoms with Crippen molar-refractivity contribution in [2.24, 2.45) is 0 Å². The Morgan fingerprint density at radius 2 is 1.73 bits per heavy atom. The molecule has 0 saturated heterocycles. The standard InChI is InChI=1S/C15H13F3N4O3S/c1-8(23)19-9-2-4-10(5-3-9)20-13(25)7-26-14-21-11(15(16,17)18)6-12(24)22-14/h2-6H,7H2,1H3,(H,19,23)(H,20,25)(H,21,22,24). The van der Waals surface area contributed by atoms with Crippen LogP contribution in [0.5, 0.6) is 0 Å². The van der Waals surface area contributed by atoms with Crippen LogP contribution in [0, 0.1) is 0 Å². The number of H-pyrrole nitrogens is 1. The third kappa shape index (κ3) is 5.92. The number of halogens is 3. The van der Waals surface area contributed by atoms with E-state index in [-0.39, 0.29) is 16.8 Å². The average molecular weight is 386 g/mol. The van der Waals surface area contributed by atoms with E-state index in [0.717, 1.165) is 0 Å². The summed E-state index contributed by atoms with van der Waals surface area (Å²) >= 11 is 0.668. The maximum absolute atomic E-state index is 12.6. The fraction of sp³-hybridized carbons (Fsp3) is 0.200. The van der Waals surface area contributed by atoms with Crippen LogP contribution in [0.25, 0.3) is 0 Å². The summed E-state index contributed by atoms with van der Waals surface area (Å²) in [7, 11) is 0. The molecule has 0 radical (unpaired) electrons. The molecule has 7 nitrogen and oxygen atoms in total. The van der Waals surface area contributed by atoms with E-state index in [2.05, 4.69) is 20.6 Å². The van der Waals surface area contributed by atoms with Crippen LogP contribution in [0.15, 0.2) is 40.3 Å². The molecular formula is C15H13F3N4O3S. The van der Waals surface area contributed by atoms with Gasteiger partial charge in [0.2, 0.25) is 11.8 Å². The highest BCUT2D eigenvalue weighted by Gasteiger charge is 2.33. The number of rotatable bonds is 5. The zero-order valence-corrected chi connectivity index (χ0v) is 14.1. The first kappa shape index (κ1) is 19.5. The Balaban J connectivity index is 1.96. The molecule has 0 fully saturated rings. The maximum atomic E-state index is 12.6. The SMILES string of the molecule is CC(=O)Nc1ccc(NC(=O)CSc2nc(C(F)(F)F)cc(=O)[nH]2)cc1. The van der Waals surface area contributed by atoms with Gasteiger partial charge in [-0.3, -0.25) is 14.4 Å². The molecule has 0 unspecified atom stereocenters. The van der Waals surface area contributed by atoms with E-state index >= 15 is 0 Å². The lowest BCUT2D eigenvalue weighted by Crippen LogP contribution is -2.18. The molecule has 0 spiro atoms. The molecule has 1 heterocycles. The topological polar surface area (TPSA) is 104 Å². The average Bonchev–Trinajstić information content (AvgIpc) is 2.53. The van der Waals surface area contributed by atoms with E-state index in [9.17, 15) is 27.6 Å². The third-order valence-corrected chi connectivity index (χ3v) is 3.71. The van der Waals surface area contributed by atoms with Gasteiger partial charge in [0, 0.05) is 24.4 Å². The van der Waals surface area contributed by atoms with Crippen LogP contribution in [-0.4, -0.2) is 27.5 Å². The predicted molar refractivity (Wildman–Crippen MR) is 90.0 cm³/mol. The summed E-state index contributed by atoms with van der Waals surface area (Å²) in [6.07, 6.45) is -4.75. The lowest BCUT2D eigenvalue weighted by Gasteiger charge is -2.08. The molecule has 0 atom stereocenters. The second-order valence-corrected chi connectivity index (χ2v) is 5.99. The number of thioether (sulfide) groups is 1. The van der Waals surface area contributed by atoms with Crippen molar-refractivity contribution in [3.05, 3.63) is 46.4 Å². The van der Waals surface area contributed by atoms with E-state index in [1.807, 2.05) is 0 Å². The fourth-order valence-electron chi connectivity index (χ4n) is 1.82. The number of anilines is 2. The number of nitrogens with one attached hydrogen (secondary N) is 3. The Bertz CT molecular complexity index is 866. The minimum atomic E-state index is -4.75. The van der Waals surface area contributed by atoms with Crippen LogP contribution in [0.3, 0.4) is 0 Å². The molecule has 0 saturated carbocycles. The van der Waals surface area contributed by atoms with Crippen LogP contribution < -0.4 is 16.2 Å². The van der Waals surface area contributed by atoms with Gasteiger partial charge in [0.15, 0.2) is 10.9 Å². The van der Waals surface area contributed by atoms with Gasteiger partial charge in [-0.05, 0) is 24.3 Å². The Morgan fingerprint density at radius 3 is 2.27 bits per heavy atom. The van der Waals surface area contributed by atoms with Gasteiger partial charge in [-0.25, -0.2) is 4.98 Å². The molecule has 0 aliphatic carbocycles. The zero-order chi connectivity index (χ0) is 19.3. The summed E-state index contributed by atoms with van der Waals surface area (Å²) < 4.78 is 37.8. The zero-order valence-electron chi connectivity index (χ0n) is 13.3. The summed E-state index contributed by atoms with van der Waals surface area (Å²) in [5, 5.41) is 4.80. The summed E-state index contributed by atoms with van der Waals surface area (Å²) in [5.41, 5.74) is -1.28. The Labute approximate surface area is 149 Å². The van der Waals surface area contributed by atoms with Gasteiger partial charge in [0.05, 0.1) is 5.75 Å². The molecule has 0 aliphatic rings. The van der Waals surface area contributed by atoms with Gasteiger partial charge in [-0.15, -0.1) is 0 Å². The van der Waals surface area contributed by atoms with Gasteiger partial charge < -0.3 is 15.6 Å². The highest BCUT2D eigenvalue weighted by molar-refractivity contribution is 7.99. The van der Waals surface area contributed by atoms with Crippen molar-refractivity contribution in [3.63, 3.8) is 0 Å². The van der Waals surface area contributed by atoms with Crippen LogP contribution in [-0.2, 0) is 15.8 Å². The third-order valence-electron chi connectivity index (χ3n) is 2.84. The monoisotopic (exact) mass is 386 g/mol. The minimum Gasteiger partial charge on any atom is -0.326 e. The molecule has 0 bridgehead atoms. The second kappa shape index (κ2) is 8.04. The van der Waals surface area contributed by atoms with Crippen molar-refractivity contribution in [1.29, 1.82) is 0 Å². The van der Waals surface area contributed by atoms with Crippen LogP contribution in [0.2, 0.25) is 0 Å². The van der Waals surface area contributed by atoms with Gasteiger partial charge in [-0.2, -0.15) is 13.2 Å². The van der Waals surface area contributed by atoms with Crippen molar-refractivity contribution < 1.29 is 22.8 Å². The van der Waals surface area contributed by atoms with Crippen LogP contribution in [0.1, 0.15) is 12.6 Å². The largest absolute Gasteiger partial charge is 0.433 e. The van der Waals surface area contributed by atoms with Crippen LogP contribution >= 0.6 is 11.8 Å². The molecule has 2 amide bonds. The predicted octanol–water partition coefficient (Wildman–Crippen LogP) is 2.48. The normalized spacial score (nSPS) is 11.1. The summed E-state index contributed by atoms with van der Waals surface area (Å²) in [6.45, 7) is 1.36. The fourth-order valence-corrected chi connectivity index (χ4v) is 2.50. The molecular weight excluding hydrogens is 373 g/mol. The number of alkyl halides is 3. The molecule has 138 valence electrons. The quantitative estimate of drug-likeness (QED) is 0.541. The maximum Gasteiger partial charge on any atom is 0.433 e. The summed E-state index contributed by atoms with van der Waals surface area (Å²) in [5.74, 6) is -0.986. The number of nitrogens with zero attached hydrogens (tertiary/aromatic N) is 1. The molecule has 1 aromatic heterocycles. The minimum absolute atomic E-state index is 0.235. The lowest BCUT2D eigenvalue weighted by molar-refractivity contribution is -0.141. The first-order valence-electron chi connectivity index (χ1n) is 7.12. The van der Waals surface area contributed by atoms with E-state index in [1.54, 1.807) is 24.3 Å². The van der Waals surface area contributed by atoms with Gasteiger partial charge >= 0.3 is 6.18 Å². The van der Waals surface area contributed by atoms with E-state index in [1.165, 1.54) is 6.92 Å². The van der Waals surface area contributed by atoms with Crippen molar-refractivity contribution in [2.75, 3.05) is 16.4 Å². The van der Waals surface area contributed by atoms with Crippen molar-refractivity contribution in [3.8, 4) is 0 Å². The highest BCUT2D eigenvalue weighted by atomic mass is 32.2. The van der Waals surface area contributed by atoms with E-state index in [4.69, 9.17) is 0 Å². The molecule has 2 aromatic rings. The number of aromatic amines is 1. The molecule has 11 heteroatoms. The van der Waals surface area contributed by atoms with Gasteiger partial charge in [0.25, 0.3) is 5.56 Å². The van der Waals surface area contributed by atoms with Crippen molar-refractivity contribution in [1.82, 2.24) is 9.97 Å². The number of benzene rings is 1. The number of hydrogen-bond acceptors (Lipinski definition) is 5. The first-order valence-corrected chi connectivity index (χ1v) is 8.11. The lowest BCUT2D eigenvalue weighted by atomic mass is 10.3. The van der Waals surface area contributed by atoms with Crippen molar-refractivity contribution in [2.45, 2.75) is 18.3 Å². The molecule has 0 aliphatic heterocycles. The number of carbonyl (C=O) groups excluding carboxylic acids is 2. The smallest absolute Gasteiger partial charge is 0.326 e. The Hall–Kier alpha value is -2.82. The van der Waals surface area contributed by atoms with E-state index < -0.39 is 23.3 Å². The first-order chi connectivity index (χ1) is 12.1. The van der Waals surface area contributed by atoms with Crippen molar-refractivity contribution >= 4 is 35.0 Å². The van der Waals surface area contributed by atoms with E-state index in [0.29, 0.717) is 29.2 Å². The molecule has 26 heavy (non-hydrogen) atoms. The molecule has 1 aromatic carbocycles. The summed E-state index contributed by atoms with van der Waals surface area (Å²) in [4.78, 5) is 39.5. The number of hydrogen-bond donors (Lipinski definition) is 3. The highest BCUT2D eigenvalue weighted by Crippen LogP contribution is 2.27. The summed E-state index contributed by atoms with van der Waals surface area (Å²) in [6, 6.07) is 6.61. The Morgan fingerprint density at radius 1 is 1.15 bits per heavy atom.